The molecule has 3 heterocycles. The molecule has 0 bridgehead atoms. The van der Waals surface area contributed by atoms with E-state index < -0.39 is 11.7 Å². The summed E-state index contributed by atoms with van der Waals surface area (Å²) in [5.41, 5.74) is 0.654. The number of furan rings is 1. The minimum Gasteiger partial charge on any atom is -0.459 e. The first-order chi connectivity index (χ1) is 12.6. The first-order valence-corrected chi connectivity index (χ1v) is 10.6. The molecule has 0 fully saturated rings. The van der Waals surface area contributed by atoms with Crippen molar-refractivity contribution in [2.24, 2.45) is 0 Å². The van der Waals surface area contributed by atoms with E-state index in [9.17, 15) is 9.59 Å². The van der Waals surface area contributed by atoms with Crippen LogP contribution >= 0.6 is 31.9 Å². The molecule has 2 aromatic heterocycles. The Morgan fingerprint density at radius 2 is 2.11 bits per heavy atom. The molecule has 1 aliphatic carbocycles. The summed E-state index contributed by atoms with van der Waals surface area (Å²) in [7, 11) is 1.61. The molecule has 0 radical (unpaired) electrons. The topological polar surface area (TPSA) is 70.7 Å². The Hall–Kier alpha value is -1.12. The van der Waals surface area contributed by atoms with Crippen molar-refractivity contribution in [2.75, 3.05) is 7.11 Å². The van der Waals surface area contributed by atoms with E-state index in [-0.39, 0.29) is 21.8 Å². The van der Waals surface area contributed by atoms with Gasteiger partial charge in [-0.05, 0) is 42.6 Å². The maximum absolute atomic E-state index is 13.2. The Bertz CT molecular complexity index is 1010. The second-order valence-corrected chi connectivity index (χ2v) is 9.70. The van der Waals surface area contributed by atoms with Crippen molar-refractivity contribution in [1.29, 1.82) is 0 Å². The Kier molecular flexibility index (Phi) is 4.40. The molecule has 3 atom stereocenters. The summed E-state index contributed by atoms with van der Waals surface area (Å²) in [5, 5.41) is 0.547. The predicted molar refractivity (Wildman–Crippen MR) is 107 cm³/mol. The zero-order valence-corrected chi connectivity index (χ0v) is 18.8. The molecule has 6 nitrogen and oxygen atoms in total. The third-order valence-electron chi connectivity index (χ3n) is 5.99. The molecule has 4 rings (SSSR count). The number of carbonyl (C=O) groups excluding carboxylic acids is 1. The van der Waals surface area contributed by atoms with Gasteiger partial charge in [0.15, 0.2) is 10.1 Å². The summed E-state index contributed by atoms with van der Waals surface area (Å²) in [6.45, 7) is 5.60. The van der Waals surface area contributed by atoms with Crippen LogP contribution in [-0.2, 0) is 31.8 Å². The number of ether oxygens (including phenoxy) is 2. The van der Waals surface area contributed by atoms with Crippen molar-refractivity contribution >= 4 is 48.9 Å². The first kappa shape index (κ1) is 19.2. The van der Waals surface area contributed by atoms with Crippen molar-refractivity contribution in [3.63, 3.8) is 0 Å². The van der Waals surface area contributed by atoms with Crippen molar-refractivity contribution < 1.29 is 18.7 Å². The molecule has 0 aromatic carbocycles. The molecular formula is C19H21Br2NO5. The molecule has 2 aromatic rings. The van der Waals surface area contributed by atoms with Crippen LogP contribution in [0.4, 0.5) is 0 Å². The van der Waals surface area contributed by atoms with Crippen molar-refractivity contribution in [1.82, 2.24) is 4.57 Å². The average molecular weight is 503 g/mol. The highest BCUT2D eigenvalue weighted by atomic mass is 79.9. The molecular weight excluding hydrogens is 482 g/mol. The molecule has 0 spiro atoms. The summed E-state index contributed by atoms with van der Waals surface area (Å²) >= 11 is 7.18. The molecule has 0 saturated carbocycles. The van der Waals surface area contributed by atoms with Crippen molar-refractivity contribution in [2.45, 2.75) is 62.1 Å². The van der Waals surface area contributed by atoms with E-state index in [2.05, 4.69) is 50.3 Å². The highest BCUT2D eigenvalue weighted by Crippen LogP contribution is 2.52. The quantitative estimate of drug-likeness (QED) is 0.459. The van der Waals surface area contributed by atoms with E-state index in [0.717, 1.165) is 5.69 Å². The van der Waals surface area contributed by atoms with Crippen LogP contribution in [0, 0.1) is 0 Å². The van der Waals surface area contributed by atoms with E-state index in [1.165, 1.54) is 6.92 Å². The van der Waals surface area contributed by atoms with Gasteiger partial charge in [0.05, 0.1) is 16.6 Å². The first-order valence-electron chi connectivity index (χ1n) is 8.88. The number of pyridine rings is 1. The Labute approximate surface area is 173 Å². The maximum atomic E-state index is 13.2. The summed E-state index contributed by atoms with van der Waals surface area (Å²) in [6.07, 6.45) is 1.18. The zero-order chi connectivity index (χ0) is 19.7. The van der Waals surface area contributed by atoms with Crippen molar-refractivity contribution in [3.8, 4) is 0 Å². The molecule has 0 saturated heterocycles. The largest absolute Gasteiger partial charge is 0.459 e. The zero-order valence-electron chi connectivity index (χ0n) is 15.6. The molecule has 0 amide bonds. The number of alkyl halides is 1. The van der Waals surface area contributed by atoms with Gasteiger partial charge in [-0.1, -0.05) is 15.9 Å². The number of methoxy groups -OCH3 is 1. The van der Waals surface area contributed by atoms with Gasteiger partial charge < -0.3 is 18.5 Å². The number of rotatable bonds is 2. The molecule has 8 heteroatoms. The number of nitrogens with zero attached hydrogens (tertiary/aromatic N) is 1. The lowest BCUT2D eigenvalue weighted by molar-refractivity contribution is -0.181. The second kappa shape index (κ2) is 6.19. The number of halogens is 2. The van der Waals surface area contributed by atoms with Crippen LogP contribution < -0.4 is 5.43 Å². The summed E-state index contributed by atoms with van der Waals surface area (Å²) in [4.78, 5) is 25.0. The van der Waals surface area contributed by atoms with Crippen LogP contribution in [0.25, 0.3) is 11.1 Å². The number of esters is 1. The maximum Gasteiger partial charge on any atom is 0.303 e. The Morgan fingerprint density at radius 1 is 1.41 bits per heavy atom. The fourth-order valence-electron chi connectivity index (χ4n) is 4.63. The lowest BCUT2D eigenvalue weighted by atomic mass is 9.71. The summed E-state index contributed by atoms with van der Waals surface area (Å²) < 4.78 is 20.2. The van der Waals surface area contributed by atoms with E-state index >= 15 is 0 Å². The lowest BCUT2D eigenvalue weighted by Gasteiger charge is -2.53. The average Bonchev–Trinajstić information content (AvgIpc) is 2.97. The third kappa shape index (κ3) is 2.52. The predicted octanol–water partition coefficient (Wildman–Crippen LogP) is 3.98. The highest BCUT2D eigenvalue weighted by molar-refractivity contribution is 9.10. The Balaban J connectivity index is 2.15. The molecule has 1 aliphatic heterocycles. The third-order valence-corrected chi connectivity index (χ3v) is 7.82. The van der Waals surface area contributed by atoms with E-state index in [1.807, 2.05) is 0 Å². The SMILES string of the molecule is COC12CC(Br)C(C)(C)n3c1c(c(=O)c1cc(Br)oc13)CCC2OC(C)=O. The molecule has 0 N–H and O–H groups in total. The number of aromatic nitrogens is 1. The van der Waals surface area contributed by atoms with Gasteiger partial charge in [-0.2, -0.15) is 0 Å². The van der Waals surface area contributed by atoms with Gasteiger partial charge in [-0.25, -0.2) is 0 Å². The normalized spacial score (nSPS) is 28.8. The smallest absolute Gasteiger partial charge is 0.303 e. The van der Waals surface area contributed by atoms with Crippen LogP contribution in [0.5, 0.6) is 0 Å². The molecule has 27 heavy (non-hydrogen) atoms. The van der Waals surface area contributed by atoms with Crippen LogP contribution in [-0.4, -0.2) is 28.6 Å². The fraction of sp³-hybridized carbons (Fsp3) is 0.579. The van der Waals surface area contributed by atoms with Gasteiger partial charge in [0, 0.05) is 36.9 Å². The number of carbonyl (C=O) groups is 1. The van der Waals surface area contributed by atoms with Gasteiger partial charge in [-0.15, -0.1) is 0 Å². The summed E-state index contributed by atoms with van der Waals surface area (Å²) in [5.74, 6) is -0.355. The van der Waals surface area contributed by atoms with Gasteiger partial charge in [0.2, 0.25) is 5.71 Å². The Morgan fingerprint density at radius 3 is 2.74 bits per heavy atom. The molecule has 146 valence electrons. The van der Waals surface area contributed by atoms with Crippen molar-refractivity contribution in [3.05, 3.63) is 32.2 Å². The number of hydrogen-bond donors (Lipinski definition) is 0. The molecule has 3 unspecified atom stereocenters. The van der Waals surface area contributed by atoms with Gasteiger partial charge in [-0.3, -0.25) is 9.59 Å². The van der Waals surface area contributed by atoms with Gasteiger partial charge >= 0.3 is 5.97 Å². The minimum absolute atomic E-state index is 0.0102. The second-order valence-electron chi connectivity index (χ2n) is 7.82. The fourth-order valence-corrected chi connectivity index (χ4v) is 5.69. The van der Waals surface area contributed by atoms with Crippen LogP contribution in [0.1, 0.15) is 44.9 Å². The van der Waals surface area contributed by atoms with Crippen LogP contribution in [0.15, 0.2) is 19.9 Å². The van der Waals surface area contributed by atoms with E-state index in [4.69, 9.17) is 13.9 Å². The van der Waals surface area contributed by atoms with E-state index in [1.54, 1.807) is 13.2 Å². The standard InChI is InChI=1S/C19H21Br2NO5/c1-9(23)26-13-6-5-10-15(24)11-7-14(21)27-17(11)22-16(10)19(13,25-4)8-12(20)18(22,2)3/h7,12-13H,5-6,8H2,1-4H3. The van der Waals surface area contributed by atoms with Gasteiger partial charge in [0.1, 0.15) is 11.7 Å². The van der Waals surface area contributed by atoms with Crippen LogP contribution in [0.3, 0.4) is 0 Å². The monoisotopic (exact) mass is 501 g/mol. The minimum atomic E-state index is -0.907. The number of hydrogen-bond acceptors (Lipinski definition) is 5. The molecule has 2 aliphatic rings. The lowest BCUT2D eigenvalue weighted by Crippen LogP contribution is -2.59. The van der Waals surface area contributed by atoms with Gasteiger partial charge in [0.25, 0.3) is 0 Å². The highest BCUT2D eigenvalue weighted by Gasteiger charge is 2.57. The van der Waals surface area contributed by atoms with Crippen LogP contribution in [0.2, 0.25) is 0 Å². The summed E-state index contributed by atoms with van der Waals surface area (Å²) in [6, 6.07) is 1.72. The van der Waals surface area contributed by atoms with E-state index in [0.29, 0.717) is 40.6 Å². The number of fused-ring (bicyclic) bond motifs is 2.